The Morgan fingerprint density at radius 2 is 1.85 bits per heavy atom. The number of carbonyl (C=O) groups is 1. The van der Waals surface area contributed by atoms with E-state index in [1.54, 1.807) is 19.9 Å². The average molecular weight is 468 g/mol. The lowest BCUT2D eigenvalue weighted by atomic mass is 10.0. The fraction of sp³-hybridized carbons (Fsp3) is 0.360. The number of nitrogens with zero attached hydrogens (tertiary/aromatic N) is 2. The number of nitrogens with one attached hydrogen (secondary N) is 1. The van der Waals surface area contributed by atoms with E-state index >= 15 is 0 Å². The minimum Gasteiger partial charge on any atom is -0.492 e. The van der Waals surface area contributed by atoms with Crippen LogP contribution in [-0.4, -0.2) is 43.3 Å². The van der Waals surface area contributed by atoms with Crippen LogP contribution in [0.5, 0.6) is 5.75 Å². The highest BCUT2D eigenvalue weighted by Crippen LogP contribution is 2.33. The van der Waals surface area contributed by atoms with E-state index in [1.807, 2.05) is 31.2 Å². The molecule has 1 aliphatic carbocycles. The number of fused-ring (bicyclic) bond motifs is 2. The van der Waals surface area contributed by atoms with Crippen molar-refractivity contribution in [2.75, 3.05) is 25.0 Å². The number of anilines is 1. The molecule has 2 aromatic carbocycles. The van der Waals surface area contributed by atoms with E-state index in [0.29, 0.717) is 36.7 Å². The molecule has 0 radical (unpaired) electrons. The molecule has 8 heteroatoms. The number of hydrogen-bond acceptors (Lipinski definition) is 5. The number of ether oxygens (including phenoxy) is 1. The van der Waals surface area contributed by atoms with E-state index in [-0.39, 0.29) is 10.8 Å². The summed E-state index contributed by atoms with van der Waals surface area (Å²) in [5.41, 5.74) is 3.65. The van der Waals surface area contributed by atoms with E-state index in [0.717, 1.165) is 41.4 Å². The average Bonchev–Trinajstić information content (AvgIpc) is 3.27. The Morgan fingerprint density at radius 1 is 1.09 bits per heavy atom. The van der Waals surface area contributed by atoms with Crippen molar-refractivity contribution >= 4 is 32.5 Å². The molecule has 174 valence electrons. The summed E-state index contributed by atoms with van der Waals surface area (Å²) < 4.78 is 33.2. The van der Waals surface area contributed by atoms with Crippen molar-refractivity contribution < 1.29 is 17.9 Å². The fourth-order valence-electron chi connectivity index (χ4n) is 4.42. The molecule has 0 unspecified atom stereocenters. The Labute approximate surface area is 194 Å². The molecule has 0 bridgehead atoms. The van der Waals surface area contributed by atoms with Gasteiger partial charge in [0.05, 0.1) is 28.3 Å². The van der Waals surface area contributed by atoms with Crippen molar-refractivity contribution in [1.82, 2.24) is 9.29 Å². The monoisotopic (exact) mass is 467 g/mol. The molecule has 1 aliphatic rings. The fourth-order valence-corrected chi connectivity index (χ4v) is 5.90. The van der Waals surface area contributed by atoms with Gasteiger partial charge in [0.1, 0.15) is 5.75 Å². The van der Waals surface area contributed by atoms with Crippen LogP contribution < -0.4 is 10.1 Å². The molecular formula is C25H29N3O4S. The zero-order valence-corrected chi connectivity index (χ0v) is 20.0. The van der Waals surface area contributed by atoms with Gasteiger partial charge in [-0.3, -0.25) is 9.78 Å². The number of sulfonamides is 1. The van der Waals surface area contributed by atoms with Gasteiger partial charge in [-0.15, -0.1) is 0 Å². The summed E-state index contributed by atoms with van der Waals surface area (Å²) in [7, 11) is -3.68. The van der Waals surface area contributed by atoms with Crippen LogP contribution in [0.15, 0.2) is 47.4 Å². The molecule has 33 heavy (non-hydrogen) atoms. The lowest BCUT2D eigenvalue weighted by Gasteiger charge is -2.20. The third kappa shape index (κ3) is 4.32. The molecule has 0 atom stereocenters. The van der Waals surface area contributed by atoms with Gasteiger partial charge >= 0.3 is 0 Å². The number of amides is 1. The van der Waals surface area contributed by atoms with Crippen molar-refractivity contribution in [2.24, 2.45) is 0 Å². The molecule has 3 aromatic rings. The Bertz CT molecular complexity index is 1300. The third-order valence-corrected chi connectivity index (χ3v) is 8.03. The number of para-hydroxylation sites is 1. The Kier molecular flexibility index (Phi) is 6.67. The van der Waals surface area contributed by atoms with Gasteiger partial charge in [0.25, 0.3) is 5.91 Å². The summed E-state index contributed by atoms with van der Waals surface area (Å²) in [6, 6.07) is 12.2. The first-order valence-corrected chi connectivity index (χ1v) is 12.8. The highest BCUT2D eigenvalue weighted by atomic mass is 32.2. The van der Waals surface area contributed by atoms with Gasteiger partial charge in [0.2, 0.25) is 10.0 Å². The third-order valence-electron chi connectivity index (χ3n) is 5.99. The van der Waals surface area contributed by atoms with Gasteiger partial charge in [-0.05, 0) is 56.0 Å². The predicted octanol–water partition coefficient (Wildman–Crippen LogP) is 4.41. The maximum absolute atomic E-state index is 13.6. The van der Waals surface area contributed by atoms with Crippen LogP contribution in [0.4, 0.5) is 5.69 Å². The smallest absolute Gasteiger partial charge is 0.256 e. The quantitative estimate of drug-likeness (QED) is 0.530. The normalized spacial score (nSPS) is 13.3. The van der Waals surface area contributed by atoms with Gasteiger partial charge in [-0.1, -0.05) is 32.0 Å². The molecular weight excluding hydrogens is 438 g/mol. The molecule has 7 nitrogen and oxygen atoms in total. The lowest BCUT2D eigenvalue weighted by Crippen LogP contribution is -2.30. The zero-order chi connectivity index (χ0) is 23.6. The van der Waals surface area contributed by atoms with Gasteiger partial charge in [0, 0.05) is 24.2 Å². The van der Waals surface area contributed by atoms with Gasteiger partial charge < -0.3 is 10.1 Å². The van der Waals surface area contributed by atoms with E-state index in [4.69, 9.17) is 9.72 Å². The molecule has 0 saturated heterocycles. The summed E-state index contributed by atoms with van der Waals surface area (Å²) in [6.07, 6.45) is 2.60. The molecule has 1 aromatic heterocycles. The van der Waals surface area contributed by atoms with E-state index in [2.05, 4.69) is 5.32 Å². The molecule has 1 amide bonds. The molecule has 1 heterocycles. The first-order chi connectivity index (χ1) is 15.9. The van der Waals surface area contributed by atoms with E-state index in [1.165, 1.54) is 16.4 Å². The number of benzene rings is 2. The Hall–Kier alpha value is -2.97. The van der Waals surface area contributed by atoms with E-state index < -0.39 is 10.0 Å². The number of carbonyl (C=O) groups excluding carboxylic acids is 1. The Morgan fingerprint density at radius 3 is 2.58 bits per heavy atom. The van der Waals surface area contributed by atoms with Crippen LogP contribution in [-0.2, 0) is 22.9 Å². The van der Waals surface area contributed by atoms with Crippen LogP contribution in [0.3, 0.4) is 0 Å². The molecule has 4 rings (SSSR count). The summed E-state index contributed by atoms with van der Waals surface area (Å²) in [5, 5.41) is 3.74. The summed E-state index contributed by atoms with van der Waals surface area (Å²) in [4.78, 5) is 18.5. The molecule has 1 N–H and O–H groups in total. The first kappa shape index (κ1) is 23.2. The molecule has 0 spiro atoms. The number of hydrogen-bond donors (Lipinski definition) is 1. The van der Waals surface area contributed by atoms with Gasteiger partial charge in [-0.2, -0.15) is 4.31 Å². The number of rotatable bonds is 8. The van der Waals surface area contributed by atoms with Crippen molar-refractivity contribution in [2.45, 2.75) is 44.9 Å². The number of aromatic nitrogens is 1. The van der Waals surface area contributed by atoms with Gasteiger partial charge in [-0.25, -0.2) is 8.42 Å². The van der Waals surface area contributed by atoms with Crippen molar-refractivity contribution in [3.63, 3.8) is 0 Å². The van der Waals surface area contributed by atoms with Crippen molar-refractivity contribution in [1.29, 1.82) is 0 Å². The highest BCUT2D eigenvalue weighted by molar-refractivity contribution is 7.89. The Balaban J connectivity index is 1.79. The first-order valence-electron chi connectivity index (χ1n) is 11.4. The van der Waals surface area contributed by atoms with Crippen LogP contribution in [0.25, 0.3) is 10.9 Å². The standard InChI is InChI=1S/C25H29N3O4S/c1-4-28(5-2)33(30,31)17-14-15-23(32-6-3)22(16-17)27-25(29)24-18-10-7-8-12-20(18)26-21-13-9-11-19(21)24/h7-8,10,12,14-16H,4-6,9,11,13H2,1-3H3,(H,27,29). The SMILES string of the molecule is CCOc1ccc(S(=O)(=O)N(CC)CC)cc1NC(=O)c1c2c(nc3ccccc13)CCC2. The van der Waals surface area contributed by atoms with Crippen molar-refractivity contribution in [3.05, 3.63) is 59.3 Å². The minimum absolute atomic E-state index is 0.120. The number of aryl methyl sites for hydroxylation is 1. The molecule has 0 fully saturated rings. The maximum atomic E-state index is 13.6. The summed E-state index contributed by atoms with van der Waals surface area (Å²) >= 11 is 0. The maximum Gasteiger partial charge on any atom is 0.256 e. The van der Waals surface area contributed by atoms with Crippen LogP contribution >= 0.6 is 0 Å². The second kappa shape index (κ2) is 9.49. The summed E-state index contributed by atoms with van der Waals surface area (Å²) in [5.74, 6) is 0.143. The summed E-state index contributed by atoms with van der Waals surface area (Å²) in [6.45, 7) is 6.56. The van der Waals surface area contributed by atoms with Crippen molar-refractivity contribution in [3.8, 4) is 5.75 Å². The molecule has 0 saturated carbocycles. The topological polar surface area (TPSA) is 88.6 Å². The largest absolute Gasteiger partial charge is 0.492 e. The zero-order valence-electron chi connectivity index (χ0n) is 19.2. The van der Waals surface area contributed by atoms with Crippen LogP contribution in [0.1, 0.15) is 48.8 Å². The second-order valence-corrected chi connectivity index (χ2v) is 9.86. The van der Waals surface area contributed by atoms with E-state index in [9.17, 15) is 13.2 Å². The lowest BCUT2D eigenvalue weighted by molar-refractivity contribution is 0.102. The minimum atomic E-state index is -3.68. The van der Waals surface area contributed by atoms with Crippen LogP contribution in [0, 0.1) is 0 Å². The molecule has 0 aliphatic heterocycles. The second-order valence-electron chi connectivity index (χ2n) is 7.92. The van der Waals surface area contributed by atoms with Gasteiger partial charge in [0.15, 0.2) is 0 Å². The number of pyridine rings is 1. The predicted molar refractivity (Wildman–Crippen MR) is 129 cm³/mol. The van der Waals surface area contributed by atoms with Crippen LogP contribution in [0.2, 0.25) is 0 Å². The highest BCUT2D eigenvalue weighted by Gasteiger charge is 2.26.